The highest BCUT2D eigenvalue weighted by molar-refractivity contribution is 7.13. The Labute approximate surface area is 138 Å². The number of oxime groups is 1. The van der Waals surface area contributed by atoms with Gasteiger partial charge in [-0.25, -0.2) is 4.39 Å². The van der Waals surface area contributed by atoms with E-state index in [0.29, 0.717) is 24.3 Å². The number of thiophene rings is 1. The Kier molecular flexibility index (Phi) is 4.71. The zero-order chi connectivity index (χ0) is 16.2. The summed E-state index contributed by atoms with van der Waals surface area (Å²) in [6.45, 7) is 2.37. The van der Waals surface area contributed by atoms with E-state index >= 15 is 0 Å². The summed E-state index contributed by atoms with van der Waals surface area (Å²) in [5.74, 6) is -0.345. The molecule has 0 saturated heterocycles. The van der Waals surface area contributed by atoms with Crippen molar-refractivity contribution in [2.75, 3.05) is 6.54 Å². The number of amides is 1. The average molecular weight is 332 g/mol. The third-order valence-corrected chi connectivity index (χ3v) is 4.55. The van der Waals surface area contributed by atoms with Gasteiger partial charge in [0.05, 0.1) is 17.1 Å². The topological polar surface area (TPSA) is 50.7 Å². The van der Waals surface area contributed by atoms with Crippen LogP contribution >= 0.6 is 11.3 Å². The highest BCUT2D eigenvalue weighted by Gasteiger charge is 2.22. The average Bonchev–Trinajstić information content (AvgIpc) is 3.14. The SMILES string of the molecule is Cc1ccc(C(=O)NCC2CC(Cc3cccc(F)c3)=NO2)s1. The van der Waals surface area contributed by atoms with Gasteiger partial charge in [0.1, 0.15) is 11.9 Å². The molecule has 2 aromatic rings. The summed E-state index contributed by atoms with van der Waals surface area (Å²) in [7, 11) is 0. The van der Waals surface area contributed by atoms with Crippen molar-refractivity contribution in [3.8, 4) is 0 Å². The Morgan fingerprint density at radius 1 is 1.43 bits per heavy atom. The lowest BCUT2D eigenvalue weighted by Gasteiger charge is -2.09. The number of hydrogen-bond donors (Lipinski definition) is 1. The Balaban J connectivity index is 1.47. The molecule has 1 aliphatic heterocycles. The van der Waals surface area contributed by atoms with Crippen molar-refractivity contribution in [1.29, 1.82) is 0 Å². The van der Waals surface area contributed by atoms with Crippen LogP contribution in [0.15, 0.2) is 41.6 Å². The van der Waals surface area contributed by atoms with Crippen molar-refractivity contribution in [2.45, 2.75) is 25.9 Å². The van der Waals surface area contributed by atoms with Crippen LogP contribution in [0.1, 0.15) is 26.5 Å². The molecule has 1 N–H and O–H groups in total. The van der Waals surface area contributed by atoms with Crippen molar-refractivity contribution in [2.24, 2.45) is 5.16 Å². The lowest BCUT2D eigenvalue weighted by Crippen LogP contribution is -2.31. The van der Waals surface area contributed by atoms with E-state index in [1.54, 1.807) is 6.07 Å². The Hall–Kier alpha value is -2.21. The molecule has 1 aromatic heterocycles. The van der Waals surface area contributed by atoms with Crippen LogP contribution in [0.4, 0.5) is 4.39 Å². The van der Waals surface area contributed by atoms with E-state index in [0.717, 1.165) is 16.2 Å². The van der Waals surface area contributed by atoms with E-state index in [2.05, 4.69) is 10.5 Å². The molecule has 1 atom stereocenters. The van der Waals surface area contributed by atoms with Gasteiger partial charge in [0.25, 0.3) is 5.91 Å². The predicted molar refractivity (Wildman–Crippen MR) is 88.4 cm³/mol. The van der Waals surface area contributed by atoms with Gasteiger partial charge in [-0.3, -0.25) is 4.79 Å². The smallest absolute Gasteiger partial charge is 0.261 e. The second-order valence-electron chi connectivity index (χ2n) is 5.52. The highest BCUT2D eigenvalue weighted by Crippen LogP contribution is 2.17. The molecule has 23 heavy (non-hydrogen) atoms. The van der Waals surface area contributed by atoms with Crippen LogP contribution in [-0.2, 0) is 11.3 Å². The summed E-state index contributed by atoms with van der Waals surface area (Å²) < 4.78 is 13.2. The summed E-state index contributed by atoms with van der Waals surface area (Å²) in [6, 6.07) is 10.2. The zero-order valence-corrected chi connectivity index (χ0v) is 13.5. The number of hydrogen-bond acceptors (Lipinski definition) is 4. The summed E-state index contributed by atoms with van der Waals surface area (Å²) >= 11 is 1.46. The fourth-order valence-electron chi connectivity index (χ4n) is 2.43. The largest absolute Gasteiger partial charge is 0.390 e. The van der Waals surface area contributed by atoms with E-state index in [9.17, 15) is 9.18 Å². The minimum Gasteiger partial charge on any atom is -0.390 e. The third-order valence-electron chi connectivity index (χ3n) is 3.55. The maximum Gasteiger partial charge on any atom is 0.261 e. The molecule has 0 fully saturated rings. The van der Waals surface area contributed by atoms with E-state index in [1.807, 2.05) is 25.1 Å². The van der Waals surface area contributed by atoms with Crippen molar-refractivity contribution < 1.29 is 14.0 Å². The van der Waals surface area contributed by atoms with Crippen molar-refractivity contribution in [3.05, 3.63) is 57.5 Å². The van der Waals surface area contributed by atoms with Gasteiger partial charge in [0, 0.05) is 17.7 Å². The number of carbonyl (C=O) groups is 1. The molecular formula is C17H17FN2O2S. The number of benzene rings is 1. The first-order chi connectivity index (χ1) is 11.1. The van der Waals surface area contributed by atoms with Crippen LogP contribution < -0.4 is 5.32 Å². The number of halogens is 1. The van der Waals surface area contributed by atoms with Crippen LogP contribution in [-0.4, -0.2) is 24.3 Å². The zero-order valence-electron chi connectivity index (χ0n) is 12.7. The Morgan fingerprint density at radius 3 is 3.04 bits per heavy atom. The van der Waals surface area contributed by atoms with Gasteiger partial charge in [-0.15, -0.1) is 11.3 Å². The van der Waals surface area contributed by atoms with Gasteiger partial charge >= 0.3 is 0 Å². The third kappa shape index (κ3) is 4.16. The molecule has 0 spiro atoms. The van der Waals surface area contributed by atoms with Crippen LogP contribution in [0.25, 0.3) is 0 Å². The molecule has 0 radical (unpaired) electrons. The molecule has 0 saturated carbocycles. The second kappa shape index (κ2) is 6.91. The van der Waals surface area contributed by atoms with Gasteiger partial charge in [0.2, 0.25) is 0 Å². The van der Waals surface area contributed by atoms with Gasteiger partial charge in [-0.05, 0) is 36.8 Å². The van der Waals surface area contributed by atoms with E-state index in [1.165, 1.54) is 23.5 Å². The van der Waals surface area contributed by atoms with Crippen molar-refractivity contribution >= 4 is 23.0 Å². The van der Waals surface area contributed by atoms with Gasteiger partial charge in [0.15, 0.2) is 0 Å². The first kappa shape index (κ1) is 15.7. The summed E-state index contributed by atoms with van der Waals surface area (Å²) in [4.78, 5) is 19.1. The minimum atomic E-state index is -0.253. The van der Waals surface area contributed by atoms with E-state index < -0.39 is 0 Å². The van der Waals surface area contributed by atoms with Crippen LogP contribution in [0.2, 0.25) is 0 Å². The molecule has 4 nitrogen and oxygen atoms in total. The second-order valence-corrected chi connectivity index (χ2v) is 6.80. The highest BCUT2D eigenvalue weighted by atomic mass is 32.1. The van der Waals surface area contributed by atoms with E-state index in [-0.39, 0.29) is 17.8 Å². The molecular weight excluding hydrogens is 315 g/mol. The minimum absolute atomic E-state index is 0.0923. The van der Waals surface area contributed by atoms with Crippen molar-refractivity contribution in [1.82, 2.24) is 5.32 Å². The fraction of sp³-hybridized carbons (Fsp3) is 0.294. The summed E-state index contributed by atoms with van der Waals surface area (Å²) in [6.07, 6.45) is 1.04. The van der Waals surface area contributed by atoms with Crippen molar-refractivity contribution in [3.63, 3.8) is 0 Å². The normalized spacial score (nSPS) is 16.8. The molecule has 1 amide bonds. The number of rotatable bonds is 5. The molecule has 2 heterocycles. The molecule has 3 rings (SSSR count). The van der Waals surface area contributed by atoms with Crippen LogP contribution in [0.5, 0.6) is 0 Å². The van der Waals surface area contributed by atoms with E-state index in [4.69, 9.17) is 4.84 Å². The molecule has 1 aliphatic rings. The number of nitrogens with zero attached hydrogens (tertiary/aromatic N) is 1. The van der Waals surface area contributed by atoms with Gasteiger partial charge in [-0.2, -0.15) is 0 Å². The molecule has 0 aliphatic carbocycles. The first-order valence-electron chi connectivity index (χ1n) is 7.41. The molecule has 1 aromatic carbocycles. The standard InChI is InChI=1S/C17H17FN2O2S/c1-11-5-6-16(23-11)17(21)19-10-15-9-14(20-22-15)8-12-3-2-4-13(18)7-12/h2-7,15H,8-10H2,1H3,(H,19,21). The summed E-state index contributed by atoms with van der Waals surface area (Å²) in [5, 5.41) is 6.90. The first-order valence-corrected chi connectivity index (χ1v) is 8.22. The van der Waals surface area contributed by atoms with Gasteiger partial charge < -0.3 is 10.2 Å². The maximum atomic E-state index is 13.2. The number of nitrogens with one attached hydrogen (secondary N) is 1. The number of aryl methyl sites for hydroxylation is 1. The van der Waals surface area contributed by atoms with Gasteiger partial charge in [-0.1, -0.05) is 17.3 Å². The Bertz CT molecular complexity index is 742. The summed E-state index contributed by atoms with van der Waals surface area (Å²) in [5.41, 5.74) is 1.73. The lowest BCUT2D eigenvalue weighted by molar-refractivity contribution is 0.0755. The molecule has 6 heteroatoms. The molecule has 120 valence electrons. The Morgan fingerprint density at radius 2 is 2.30 bits per heavy atom. The lowest BCUT2D eigenvalue weighted by atomic mass is 10.0. The number of carbonyl (C=O) groups excluding carboxylic acids is 1. The predicted octanol–water partition coefficient (Wildman–Crippen LogP) is 3.31. The molecule has 0 bridgehead atoms. The fourth-order valence-corrected chi connectivity index (χ4v) is 3.22. The quantitative estimate of drug-likeness (QED) is 0.913. The maximum absolute atomic E-state index is 13.2. The molecule has 1 unspecified atom stereocenters. The monoisotopic (exact) mass is 332 g/mol. The van der Waals surface area contributed by atoms with Crippen LogP contribution in [0.3, 0.4) is 0 Å². The van der Waals surface area contributed by atoms with Crippen LogP contribution in [0, 0.1) is 12.7 Å².